The summed E-state index contributed by atoms with van der Waals surface area (Å²) in [4.78, 5) is 2.19. The molecule has 1 heterocycles. The molecule has 1 fully saturated rings. The summed E-state index contributed by atoms with van der Waals surface area (Å²) in [5, 5.41) is 3.44. The normalized spacial score (nSPS) is 27.8. The smallest absolute Gasteiger partial charge is 0.371 e. The minimum Gasteiger partial charge on any atom is -0.371 e. The number of hydrogen-bond donors (Lipinski definition) is 1. The maximum absolute atomic E-state index is 11.9. The molecule has 0 aromatic carbocycles. The second-order valence-electron chi connectivity index (χ2n) is 5.17. The van der Waals surface area contributed by atoms with E-state index in [0.717, 1.165) is 26.1 Å². The van der Waals surface area contributed by atoms with Gasteiger partial charge in [-0.25, -0.2) is 0 Å². The molecule has 0 aromatic heterocycles. The molecule has 0 saturated carbocycles. The van der Waals surface area contributed by atoms with Crippen molar-refractivity contribution >= 4 is 0 Å². The Labute approximate surface area is 107 Å². The highest BCUT2D eigenvalue weighted by molar-refractivity contribution is 4.73. The number of rotatable bonds is 4. The fraction of sp³-hybridized carbons (Fsp3) is 1.00. The quantitative estimate of drug-likeness (QED) is 0.788. The van der Waals surface area contributed by atoms with Crippen molar-refractivity contribution in [2.24, 2.45) is 5.92 Å². The third-order valence-electron chi connectivity index (χ3n) is 3.08. The van der Waals surface area contributed by atoms with Gasteiger partial charge in [0.25, 0.3) is 0 Å². The standard InChI is InChI=1S/C12H23F3N2O/c1-10-7-16-11(2)3-4-17(8-10)5-6-18-9-12(13,14)15/h10-11,16H,3-9H2,1-2H3. The summed E-state index contributed by atoms with van der Waals surface area (Å²) in [5.74, 6) is 0.510. The summed E-state index contributed by atoms with van der Waals surface area (Å²) in [5.41, 5.74) is 0. The number of nitrogens with one attached hydrogen (secondary N) is 1. The van der Waals surface area contributed by atoms with E-state index in [1.807, 2.05) is 0 Å². The molecule has 0 amide bonds. The lowest BCUT2D eigenvalue weighted by Crippen LogP contribution is -2.43. The van der Waals surface area contributed by atoms with Crippen LogP contribution in [0.15, 0.2) is 0 Å². The lowest BCUT2D eigenvalue weighted by Gasteiger charge is -2.31. The number of hydrogen-bond acceptors (Lipinski definition) is 3. The Hall–Kier alpha value is -0.330. The van der Waals surface area contributed by atoms with Crippen molar-refractivity contribution in [2.75, 3.05) is 39.4 Å². The lowest BCUT2D eigenvalue weighted by atomic mass is 10.1. The van der Waals surface area contributed by atoms with Gasteiger partial charge in [-0.1, -0.05) is 6.92 Å². The molecule has 1 rings (SSSR count). The molecule has 2 unspecified atom stereocenters. The number of ether oxygens (including phenoxy) is 1. The van der Waals surface area contributed by atoms with Crippen molar-refractivity contribution in [1.29, 1.82) is 0 Å². The van der Waals surface area contributed by atoms with Gasteiger partial charge in [-0.15, -0.1) is 0 Å². The van der Waals surface area contributed by atoms with Gasteiger partial charge in [-0.3, -0.25) is 0 Å². The van der Waals surface area contributed by atoms with Crippen molar-refractivity contribution in [1.82, 2.24) is 10.2 Å². The first kappa shape index (κ1) is 15.7. The second kappa shape index (κ2) is 7.31. The van der Waals surface area contributed by atoms with Crippen LogP contribution in [0.25, 0.3) is 0 Å². The molecule has 1 N–H and O–H groups in total. The topological polar surface area (TPSA) is 24.5 Å². The number of nitrogens with zero attached hydrogens (tertiary/aromatic N) is 1. The van der Waals surface area contributed by atoms with Gasteiger partial charge in [-0.05, 0) is 32.4 Å². The summed E-state index contributed by atoms with van der Waals surface area (Å²) < 4.78 is 40.4. The van der Waals surface area contributed by atoms with Crippen molar-refractivity contribution in [3.63, 3.8) is 0 Å². The highest BCUT2D eigenvalue weighted by atomic mass is 19.4. The Balaban J connectivity index is 2.22. The summed E-state index contributed by atoms with van der Waals surface area (Å²) in [6.45, 7) is 6.64. The highest BCUT2D eigenvalue weighted by Crippen LogP contribution is 2.14. The molecule has 1 saturated heterocycles. The molecule has 0 aromatic rings. The van der Waals surface area contributed by atoms with Crippen LogP contribution in [0.1, 0.15) is 20.3 Å². The summed E-state index contributed by atoms with van der Waals surface area (Å²) in [7, 11) is 0. The molecule has 6 heteroatoms. The molecule has 3 nitrogen and oxygen atoms in total. The van der Waals surface area contributed by atoms with E-state index in [9.17, 15) is 13.2 Å². The van der Waals surface area contributed by atoms with Crippen LogP contribution in [0.2, 0.25) is 0 Å². The van der Waals surface area contributed by atoms with E-state index in [-0.39, 0.29) is 6.61 Å². The molecule has 0 aliphatic carbocycles. The first-order valence-electron chi connectivity index (χ1n) is 6.47. The Kier molecular flexibility index (Phi) is 6.38. The predicted molar refractivity (Wildman–Crippen MR) is 64.6 cm³/mol. The largest absolute Gasteiger partial charge is 0.411 e. The van der Waals surface area contributed by atoms with Gasteiger partial charge in [0.2, 0.25) is 0 Å². The fourth-order valence-corrected chi connectivity index (χ4v) is 2.06. The van der Waals surface area contributed by atoms with E-state index in [4.69, 9.17) is 0 Å². The molecule has 1 aliphatic heterocycles. The molecule has 0 bridgehead atoms. The van der Waals surface area contributed by atoms with Crippen LogP contribution < -0.4 is 5.32 Å². The first-order chi connectivity index (χ1) is 8.37. The van der Waals surface area contributed by atoms with E-state index >= 15 is 0 Å². The highest BCUT2D eigenvalue weighted by Gasteiger charge is 2.27. The van der Waals surface area contributed by atoms with Gasteiger partial charge in [-0.2, -0.15) is 13.2 Å². The van der Waals surface area contributed by atoms with Crippen molar-refractivity contribution in [2.45, 2.75) is 32.5 Å². The van der Waals surface area contributed by atoms with Gasteiger partial charge < -0.3 is 15.0 Å². The zero-order valence-electron chi connectivity index (χ0n) is 11.1. The fourth-order valence-electron chi connectivity index (χ4n) is 2.06. The van der Waals surface area contributed by atoms with Crippen LogP contribution >= 0.6 is 0 Å². The number of halogens is 3. The van der Waals surface area contributed by atoms with Gasteiger partial charge in [0, 0.05) is 19.1 Å². The molecule has 108 valence electrons. The van der Waals surface area contributed by atoms with Crippen LogP contribution in [0.5, 0.6) is 0 Å². The Morgan fingerprint density at radius 3 is 2.72 bits per heavy atom. The predicted octanol–water partition coefficient (Wildman–Crippen LogP) is 1.89. The van der Waals surface area contributed by atoms with E-state index in [2.05, 4.69) is 28.8 Å². The Morgan fingerprint density at radius 2 is 2.06 bits per heavy atom. The van der Waals surface area contributed by atoms with Crippen LogP contribution in [0.4, 0.5) is 13.2 Å². The summed E-state index contributed by atoms with van der Waals surface area (Å²) in [6.07, 6.45) is -3.20. The maximum Gasteiger partial charge on any atom is 0.411 e. The van der Waals surface area contributed by atoms with Crippen LogP contribution in [0.3, 0.4) is 0 Å². The monoisotopic (exact) mass is 268 g/mol. The third-order valence-corrected chi connectivity index (χ3v) is 3.08. The van der Waals surface area contributed by atoms with Crippen molar-refractivity contribution in [3.05, 3.63) is 0 Å². The SMILES string of the molecule is CC1CNC(C)CCN(CCOCC(F)(F)F)C1. The van der Waals surface area contributed by atoms with Crippen LogP contribution in [0, 0.1) is 5.92 Å². The van der Waals surface area contributed by atoms with Crippen molar-refractivity contribution < 1.29 is 17.9 Å². The van der Waals surface area contributed by atoms with Crippen LogP contribution in [-0.4, -0.2) is 56.5 Å². The van der Waals surface area contributed by atoms with E-state index in [0.29, 0.717) is 18.5 Å². The Morgan fingerprint density at radius 1 is 1.33 bits per heavy atom. The average molecular weight is 268 g/mol. The van der Waals surface area contributed by atoms with E-state index in [1.54, 1.807) is 0 Å². The minimum absolute atomic E-state index is 0.147. The third kappa shape index (κ3) is 7.18. The summed E-state index contributed by atoms with van der Waals surface area (Å²) >= 11 is 0. The van der Waals surface area contributed by atoms with E-state index in [1.165, 1.54) is 0 Å². The first-order valence-corrected chi connectivity index (χ1v) is 6.47. The maximum atomic E-state index is 11.9. The number of alkyl halides is 3. The van der Waals surface area contributed by atoms with Gasteiger partial charge in [0.15, 0.2) is 0 Å². The lowest BCUT2D eigenvalue weighted by molar-refractivity contribution is -0.174. The molecule has 2 atom stereocenters. The molecule has 0 spiro atoms. The molecular weight excluding hydrogens is 245 g/mol. The average Bonchev–Trinajstić information content (AvgIpc) is 2.25. The second-order valence-corrected chi connectivity index (χ2v) is 5.17. The van der Waals surface area contributed by atoms with Crippen molar-refractivity contribution in [3.8, 4) is 0 Å². The summed E-state index contributed by atoms with van der Waals surface area (Å²) in [6, 6.07) is 0.464. The Bertz CT molecular complexity index is 236. The molecule has 1 aliphatic rings. The van der Waals surface area contributed by atoms with Crippen LogP contribution in [-0.2, 0) is 4.74 Å². The molecule has 18 heavy (non-hydrogen) atoms. The molecule has 0 radical (unpaired) electrons. The zero-order valence-corrected chi connectivity index (χ0v) is 11.1. The van der Waals surface area contributed by atoms with Gasteiger partial charge >= 0.3 is 6.18 Å². The van der Waals surface area contributed by atoms with E-state index < -0.39 is 12.8 Å². The zero-order chi connectivity index (χ0) is 13.6. The minimum atomic E-state index is -4.22. The van der Waals surface area contributed by atoms with Gasteiger partial charge in [0.05, 0.1) is 6.61 Å². The van der Waals surface area contributed by atoms with Gasteiger partial charge in [0.1, 0.15) is 6.61 Å². The molecular formula is C12H23F3N2O.